The fraction of sp³-hybridized carbons (Fsp3) is 1.00. The molecule has 0 unspecified atom stereocenters. The predicted octanol–water partition coefficient (Wildman–Crippen LogP) is -1.41. The summed E-state index contributed by atoms with van der Waals surface area (Å²) in [4.78, 5) is 4.17. The molecule has 4 nitrogen and oxygen atoms in total. The minimum Gasteiger partial charge on any atom is -0.389 e. The third-order valence-corrected chi connectivity index (χ3v) is 2.20. The van der Waals surface area contributed by atoms with E-state index in [0.717, 1.165) is 13.1 Å². The van der Waals surface area contributed by atoms with Crippen LogP contribution in [0.2, 0.25) is 0 Å². The average molecular weight is 174 g/mol. The number of hydrogen-bond acceptors (Lipinski definition) is 4. The zero-order chi connectivity index (χ0) is 9.14. The summed E-state index contributed by atoms with van der Waals surface area (Å²) in [5, 5.41) is 18.5. The summed E-state index contributed by atoms with van der Waals surface area (Å²) in [6, 6.07) is 0. The van der Waals surface area contributed by atoms with Gasteiger partial charge >= 0.3 is 0 Å². The van der Waals surface area contributed by atoms with Crippen LogP contribution in [0, 0.1) is 0 Å². The Balaban J connectivity index is 2.19. The fourth-order valence-electron chi connectivity index (χ4n) is 1.37. The van der Waals surface area contributed by atoms with Crippen LogP contribution in [0.1, 0.15) is 0 Å². The van der Waals surface area contributed by atoms with Crippen molar-refractivity contribution in [1.82, 2.24) is 9.80 Å². The molecule has 0 aromatic heterocycles. The van der Waals surface area contributed by atoms with Crippen molar-refractivity contribution in [3.63, 3.8) is 0 Å². The molecular formula is C8H18N2O2. The largest absolute Gasteiger partial charge is 0.389 e. The first-order valence-electron chi connectivity index (χ1n) is 4.33. The quantitative estimate of drug-likeness (QED) is 0.551. The van der Waals surface area contributed by atoms with Gasteiger partial charge in [0, 0.05) is 26.2 Å². The van der Waals surface area contributed by atoms with E-state index in [2.05, 4.69) is 9.80 Å². The van der Waals surface area contributed by atoms with Crippen molar-refractivity contribution in [3.8, 4) is 0 Å². The molecule has 0 aliphatic carbocycles. The van der Waals surface area contributed by atoms with Gasteiger partial charge in [0.1, 0.15) is 0 Å². The maximum absolute atomic E-state index is 9.23. The molecule has 0 radical (unpaired) electrons. The predicted molar refractivity (Wildman–Crippen MR) is 47.0 cm³/mol. The number of aliphatic hydroxyl groups excluding tert-OH is 2. The first kappa shape index (κ1) is 9.92. The number of likely N-dealkylation sites (N-methyl/N-ethyl adjacent to an activating group) is 1. The summed E-state index contributed by atoms with van der Waals surface area (Å²) in [6.45, 7) is 3.10. The number of β-amino-alcohol motifs (C(OH)–C–C–N with tert-alkyl or cyclic N) is 2. The highest BCUT2D eigenvalue weighted by Crippen LogP contribution is 2.08. The van der Waals surface area contributed by atoms with Crippen LogP contribution in [-0.4, -0.2) is 72.5 Å². The molecule has 2 N–H and O–H groups in total. The Kier molecular flexibility index (Phi) is 3.46. The van der Waals surface area contributed by atoms with Crippen molar-refractivity contribution in [2.75, 3.05) is 40.3 Å². The maximum atomic E-state index is 9.23. The van der Waals surface area contributed by atoms with Crippen molar-refractivity contribution < 1.29 is 10.2 Å². The van der Waals surface area contributed by atoms with Crippen molar-refractivity contribution in [1.29, 1.82) is 0 Å². The molecule has 1 rings (SSSR count). The van der Waals surface area contributed by atoms with Crippen LogP contribution in [-0.2, 0) is 0 Å². The molecule has 1 aliphatic rings. The van der Waals surface area contributed by atoms with Gasteiger partial charge in [0.25, 0.3) is 0 Å². The van der Waals surface area contributed by atoms with Gasteiger partial charge in [-0.1, -0.05) is 0 Å². The first-order chi connectivity index (χ1) is 5.59. The zero-order valence-corrected chi connectivity index (χ0v) is 7.77. The third kappa shape index (κ3) is 2.71. The first-order valence-corrected chi connectivity index (χ1v) is 4.33. The number of nitrogens with zero attached hydrogens (tertiary/aromatic N) is 2. The molecule has 1 heterocycles. The third-order valence-electron chi connectivity index (χ3n) is 2.20. The Morgan fingerprint density at radius 3 is 2.17 bits per heavy atom. The average Bonchev–Trinajstić information content (AvgIpc) is 2.28. The second-order valence-corrected chi connectivity index (χ2v) is 3.70. The highest BCUT2D eigenvalue weighted by molar-refractivity contribution is 4.83. The lowest BCUT2D eigenvalue weighted by Crippen LogP contribution is -2.30. The zero-order valence-electron chi connectivity index (χ0n) is 7.77. The SMILES string of the molecule is CN(C)CCN1C[C@H](O)[C@@H](O)C1. The molecule has 0 aromatic carbocycles. The summed E-state index contributed by atoms with van der Waals surface area (Å²) in [5.74, 6) is 0. The van der Waals surface area contributed by atoms with E-state index in [9.17, 15) is 10.2 Å². The van der Waals surface area contributed by atoms with E-state index in [4.69, 9.17) is 0 Å². The smallest absolute Gasteiger partial charge is 0.0938 e. The van der Waals surface area contributed by atoms with Crippen molar-refractivity contribution in [3.05, 3.63) is 0 Å². The van der Waals surface area contributed by atoms with Gasteiger partial charge in [-0.25, -0.2) is 0 Å². The van der Waals surface area contributed by atoms with Crippen LogP contribution in [0.15, 0.2) is 0 Å². The summed E-state index contributed by atoms with van der Waals surface area (Å²) in [5.41, 5.74) is 0. The molecule has 1 saturated heterocycles. The molecule has 0 saturated carbocycles. The maximum Gasteiger partial charge on any atom is 0.0938 e. The van der Waals surface area contributed by atoms with E-state index in [0.29, 0.717) is 13.1 Å². The van der Waals surface area contributed by atoms with Crippen LogP contribution < -0.4 is 0 Å². The second-order valence-electron chi connectivity index (χ2n) is 3.70. The van der Waals surface area contributed by atoms with Crippen molar-refractivity contribution >= 4 is 0 Å². The fourth-order valence-corrected chi connectivity index (χ4v) is 1.37. The topological polar surface area (TPSA) is 46.9 Å². The van der Waals surface area contributed by atoms with Gasteiger partial charge in [0.05, 0.1) is 12.2 Å². The molecule has 4 heteroatoms. The highest BCUT2D eigenvalue weighted by atomic mass is 16.3. The standard InChI is InChI=1S/C8H18N2O2/c1-9(2)3-4-10-5-7(11)8(12)6-10/h7-8,11-12H,3-6H2,1-2H3/t7-,8-/m0/s1. The molecule has 1 aliphatic heterocycles. The molecule has 0 bridgehead atoms. The number of likely N-dealkylation sites (tertiary alicyclic amines) is 1. The normalized spacial score (nSPS) is 31.8. The molecule has 72 valence electrons. The number of hydrogen-bond donors (Lipinski definition) is 2. The van der Waals surface area contributed by atoms with Gasteiger partial charge in [0.2, 0.25) is 0 Å². The van der Waals surface area contributed by atoms with E-state index in [1.807, 2.05) is 14.1 Å². The van der Waals surface area contributed by atoms with Crippen LogP contribution in [0.25, 0.3) is 0 Å². The van der Waals surface area contributed by atoms with E-state index in [-0.39, 0.29) is 0 Å². The van der Waals surface area contributed by atoms with Gasteiger partial charge < -0.3 is 15.1 Å². The Morgan fingerprint density at radius 1 is 1.25 bits per heavy atom. The Hall–Kier alpha value is -0.160. The lowest BCUT2D eigenvalue weighted by Gasteiger charge is -2.17. The molecule has 0 aromatic rings. The van der Waals surface area contributed by atoms with Gasteiger partial charge in [-0.15, -0.1) is 0 Å². The summed E-state index contributed by atoms with van der Waals surface area (Å²) in [7, 11) is 4.03. The van der Waals surface area contributed by atoms with Gasteiger partial charge in [0.15, 0.2) is 0 Å². The van der Waals surface area contributed by atoms with E-state index in [1.54, 1.807) is 0 Å². The minimum absolute atomic E-state index is 0.549. The van der Waals surface area contributed by atoms with Crippen LogP contribution in [0.3, 0.4) is 0 Å². The van der Waals surface area contributed by atoms with E-state index >= 15 is 0 Å². The molecule has 12 heavy (non-hydrogen) atoms. The monoisotopic (exact) mass is 174 g/mol. The van der Waals surface area contributed by atoms with Gasteiger partial charge in [-0.3, -0.25) is 4.90 Å². The second kappa shape index (κ2) is 4.18. The molecule has 0 spiro atoms. The van der Waals surface area contributed by atoms with Gasteiger partial charge in [-0.2, -0.15) is 0 Å². The van der Waals surface area contributed by atoms with Crippen molar-refractivity contribution in [2.24, 2.45) is 0 Å². The summed E-state index contributed by atoms with van der Waals surface area (Å²) in [6.07, 6.45) is -1.10. The molecule has 1 fully saturated rings. The van der Waals surface area contributed by atoms with Crippen LogP contribution in [0.5, 0.6) is 0 Å². The molecule has 0 amide bonds. The van der Waals surface area contributed by atoms with E-state index < -0.39 is 12.2 Å². The molecular weight excluding hydrogens is 156 g/mol. The Labute approximate surface area is 73.4 Å². The lowest BCUT2D eigenvalue weighted by atomic mass is 10.3. The summed E-state index contributed by atoms with van der Waals surface area (Å²) < 4.78 is 0. The lowest BCUT2D eigenvalue weighted by molar-refractivity contribution is 0.0572. The minimum atomic E-state index is -0.549. The van der Waals surface area contributed by atoms with Crippen molar-refractivity contribution in [2.45, 2.75) is 12.2 Å². The van der Waals surface area contributed by atoms with E-state index in [1.165, 1.54) is 0 Å². The Morgan fingerprint density at radius 2 is 1.75 bits per heavy atom. The highest BCUT2D eigenvalue weighted by Gasteiger charge is 2.28. The van der Waals surface area contributed by atoms with Gasteiger partial charge in [-0.05, 0) is 14.1 Å². The Bertz CT molecular complexity index is 131. The number of aliphatic hydroxyl groups is 2. The molecule has 2 atom stereocenters. The summed E-state index contributed by atoms with van der Waals surface area (Å²) >= 11 is 0. The number of rotatable bonds is 3. The van der Waals surface area contributed by atoms with Crippen LogP contribution in [0.4, 0.5) is 0 Å². The van der Waals surface area contributed by atoms with Crippen LogP contribution >= 0.6 is 0 Å².